The van der Waals surface area contributed by atoms with E-state index in [-0.39, 0.29) is 0 Å². The Morgan fingerprint density at radius 2 is 1.36 bits per heavy atom. The fourth-order valence-corrected chi connectivity index (χ4v) is 2.41. The standard InChI is InChI=1S/C21H20N2O2/c22-23-14-19-13-20(24-15-17-7-3-1-4-8-17)11-12-21(19)25-16-18-9-5-2-6-10-18/h1-14H,15-16,22H2. The van der Waals surface area contributed by atoms with Gasteiger partial charge in [0, 0.05) is 5.56 Å². The molecule has 4 nitrogen and oxygen atoms in total. The van der Waals surface area contributed by atoms with E-state index in [0.29, 0.717) is 19.0 Å². The summed E-state index contributed by atoms with van der Waals surface area (Å²) in [4.78, 5) is 0. The Morgan fingerprint density at radius 3 is 1.96 bits per heavy atom. The molecule has 4 heteroatoms. The van der Waals surface area contributed by atoms with Crippen LogP contribution in [0, 0.1) is 0 Å². The van der Waals surface area contributed by atoms with Crippen molar-refractivity contribution in [1.29, 1.82) is 0 Å². The van der Waals surface area contributed by atoms with Crippen molar-refractivity contribution in [2.75, 3.05) is 0 Å². The second-order valence-electron chi connectivity index (χ2n) is 5.53. The molecule has 0 unspecified atom stereocenters. The van der Waals surface area contributed by atoms with Gasteiger partial charge in [0.2, 0.25) is 0 Å². The Hall–Kier alpha value is -3.27. The molecular weight excluding hydrogens is 312 g/mol. The van der Waals surface area contributed by atoms with Crippen LogP contribution in [0.25, 0.3) is 0 Å². The van der Waals surface area contributed by atoms with E-state index >= 15 is 0 Å². The molecule has 0 aliphatic carbocycles. The van der Waals surface area contributed by atoms with E-state index in [4.69, 9.17) is 15.3 Å². The lowest BCUT2D eigenvalue weighted by atomic mass is 10.2. The molecule has 0 fully saturated rings. The number of ether oxygens (including phenoxy) is 2. The van der Waals surface area contributed by atoms with Crippen molar-refractivity contribution in [3.8, 4) is 11.5 Å². The van der Waals surface area contributed by atoms with Gasteiger partial charge < -0.3 is 15.3 Å². The molecule has 0 bridgehead atoms. The van der Waals surface area contributed by atoms with Crippen LogP contribution >= 0.6 is 0 Å². The van der Waals surface area contributed by atoms with E-state index in [2.05, 4.69) is 5.10 Å². The third-order valence-corrected chi connectivity index (χ3v) is 3.68. The summed E-state index contributed by atoms with van der Waals surface area (Å²) in [5.74, 6) is 6.78. The maximum atomic E-state index is 5.89. The summed E-state index contributed by atoms with van der Waals surface area (Å²) in [6.07, 6.45) is 1.57. The van der Waals surface area contributed by atoms with Crippen LogP contribution in [-0.2, 0) is 13.2 Å². The first-order valence-electron chi connectivity index (χ1n) is 8.06. The van der Waals surface area contributed by atoms with E-state index < -0.39 is 0 Å². The lowest BCUT2D eigenvalue weighted by Gasteiger charge is -2.12. The molecule has 0 amide bonds. The molecule has 126 valence electrons. The molecule has 0 heterocycles. The number of hydrazone groups is 1. The van der Waals surface area contributed by atoms with Gasteiger partial charge >= 0.3 is 0 Å². The predicted molar refractivity (Wildman–Crippen MR) is 99.8 cm³/mol. The summed E-state index contributed by atoms with van der Waals surface area (Å²) >= 11 is 0. The monoisotopic (exact) mass is 332 g/mol. The zero-order valence-corrected chi connectivity index (χ0v) is 13.8. The molecule has 0 aromatic heterocycles. The van der Waals surface area contributed by atoms with Crippen molar-refractivity contribution in [2.24, 2.45) is 10.9 Å². The van der Waals surface area contributed by atoms with E-state index in [1.165, 1.54) is 0 Å². The number of hydrogen-bond donors (Lipinski definition) is 1. The Morgan fingerprint density at radius 1 is 0.760 bits per heavy atom. The SMILES string of the molecule is NN=Cc1cc(OCc2ccccc2)ccc1OCc1ccccc1. The van der Waals surface area contributed by atoms with Crippen LogP contribution in [0.3, 0.4) is 0 Å². The Balaban J connectivity index is 1.69. The van der Waals surface area contributed by atoms with Gasteiger partial charge in [0.25, 0.3) is 0 Å². The molecule has 3 aromatic rings. The van der Waals surface area contributed by atoms with Gasteiger partial charge in [-0.1, -0.05) is 60.7 Å². The number of nitrogens with zero attached hydrogens (tertiary/aromatic N) is 1. The van der Waals surface area contributed by atoms with Crippen LogP contribution in [0.5, 0.6) is 11.5 Å². The maximum absolute atomic E-state index is 5.89. The zero-order chi connectivity index (χ0) is 17.3. The van der Waals surface area contributed by atoms with Gasteiger partial charge in [-0.2, -0.15) is 5.10 Å². The van der Waals surface area contributed by atoms with E-state index in [0.717, 1.165) is 22.4 Å². The van der Waals surface area contributed by atoms with Crippen LogP contribution in [0.15, 0.2) is 84.0 Å². The number of nitrogens with two attached hydrogens (primary N) is 1. The topological polar surface area (TPSA) is 56.8 Å². The van der Waals surface area contributed by atoms with Crippen LogP contribution < -0.4 is 15.3 Å². The second kappa shape index (κ2) is 8.55. The van der Waals surface area contributed by atoms with Gasteiger partial charge in [0.1, 0.15) is 24.7 Å². The maximum Gasteiger partial charge on any atom is 0.128 e. The van der Waals surface area contributed by atoms with E-state index in [1.807, 2.05) is 78.9 Å². The molecule has 3 rings (SSSR count). The molecule has 0 radical (unpaired) electrons. The molecule has 0 spiro atoms. The highest BCUT2D eigenvalue weighted by molar-refractivity contribution is 5.84. The van der Waals surface area contributed by atoms with Crippen molar-refractivity contribution >= 4 is 6.21 Å². The van der Waals surface area contributed by atoms with Crippen LogP contribution in [0.4, 0.5) is 0 Å². The zero-order valence-electron chi connectivity index (χ0n) is 13.8. The highest BCUT2D eigenvalue weighted by atomic mass is 16.5. The highest BCUT2D eigenvalue weighted by Crippen LogP contribution is 2.24. The Kier molecular flexibility index (Phi) is 5.67. The summed E-state index contributed by atoms with van der Waals surface area (Å²) < 4.78 is 11.7. The minimum atomic E-state index is 0.483. The summed E-state index contributed by atoms with van der Waals surface area (Å²) in [6.45, 7) is 0.987. The van der Waals surface area contributed by atoms with Crippen molar-refractivity contribution < 1.29 is 9.47 Å². The lowest BCUT2D eigenvalue weighted by molar-refractivity contribution is 0.297. The molecule has 2 N–H and O–H groups in total. The van der Waals surface area contributed by atoms with Crippen molar-refractivity contribution in [1.82, 2.24) is 0 Å². The van der Waals surface area contributed by atoms with Gasteiger partial charge in [-0.05, 0) is 29.3 Å². The number of benzene rings is 3. The minimum Gasteiger partial charge on any atom is -0.489 e. The van der Waals surface area contributed by atoms with Gasteiger partial charge in [-0.15, -0.1) is 0 Å². The molecule has 0 saturated heterocycles. The molecule has 0 aliphatic heterocycles. The average molecular weight is 332 g/mol. The second-order valence-corrected chi connectivity index (χ2v) is 5.53. The number of hydrogen-bond acceptors (Lipinski definition) is 4. The first kappa shape index (κ1) is 16.6. The van der Waals surface area contributed by atoms with Gasteiger partial charge in [0.15, 0.2) is 0 Å². The fraction of sp³-hybridized carbons (Fsp3) is 0.0952. The number of rotatable bonds is 7. The minimum absolute atomic E-state index is 0.483. The molecule has 0 saturated carbocycles. The smallest absolute Gasteiger partial charge is 0.128 e. The van der Waals surface area contributed by atoms with Crippen LogP contribution in [0.2, 0.25) is 0 Å². The summed E-state index contributed by atoms with van der Waals surface area (Å²) in [6, 6.07) is 25.7. The summed E-state index contributed by atoms with van der Waals surface area (Å²) in [7, 11) is 0. The lowest BCUT2D eigenvalue weighted by Crippen LogP contribution is -2.01. The quantitative estimate of drug-likeness (QED) is 0.402. The Labute approximate surface area is 147 Å². The normalized spacial score (nSPS) is 10.7. The summed E-state index contributed by atoms with van der Waals surface area (Å²) in [5.41, 5.74) is 2.99. The van der Waals surface area contributed by atoms with E-state index in [1.54, 1.807) is 6.21 Å². The third kappa shape index (κ3) is 4.85. The molecule has 0 atom stereocenters. The van der Waals surface area contributed by atoms with Gasteiger partial charge in [-0.25, -0.2) is 0 Å². The van der Waals surface area contributed by atoms with E-state index in [9.17, 15) is 0 Å². The Bertz CT molecular complexity index is 818. The first-order valence-corrected chi connectivity index (χ1v) is 8.06. The van der Waals surface area contributed by atoms with Crippen molar-refractivity contribution in [3.63, 3.8) is 0 Å². The van der Waals surface area contributed by atoms with Crippen LogP contribution in [0.1, 0.15) is 16.7 Å². The largest absolute Gasteiger partial charge is 0.489 e. The first-order chi connectivity index (χ1) is 12.3. The predicted octanol–water partition coefficient (Wildman–Crippen LogP) is 4.14. The highest BCUT2D eigenvalue weighted by Gasteiger charge is 2.06. The third-order valence-electron chi connectivity index (χ3n) is 3.68. The summed E-state index contributed by atoms with van der Waals surface area (Å²) in [5, 5.41) is 3.62. The average Bonchev–Trinajstić information content (AvgIpc) is 2.67. The molecule has 25 heavy (non-hydrogen) atoms. The van der Waals surface area contributed by atoms with Gasteiger partial charge in [0.05, 0.1) is 6.21 Å². The molecule has 0 aliphatic rings. The molecular formula is C21H20N2O2. The van der Waals surface area contributed by atoms with Gasteiger partial charge in [-0.3, -0.25) is 0 Å². The fourth-order valence-electron chi connectivity index (χ4n) is 2.41. The van der Waals surface area contributed by atoms with Crippen molar-refractivity contribution in [2.45, 2.75) is 13.2 Å². The van der Waals surface area contributed by atoms with Crippen molar-refractivity contribution in [3.05, 3.63) is 95.6 Å². The van der Waals surface area contributed by atoms with Crippen LogP contribution in [-0.4, -0.2) is 6.21 Å². The molecule has 3 aromatic carbocycles.